The standard InChI is InChI=1S/C15H18N4O2/c16-8-12-1-2-14(7-13(12)9-17)18-10-15(20)11-19-3-5-21-6-4-19/h1-2,7,15,18,20H,3-6,10-11H2. The number of hydrogen-bond acceptors (Lipinski definition) is 6. The van der Waals surface area contributed by atoms with E-state index in [9.17, 15) is 5.11 Å². The van der Waals surface area contributed by atoms with Crippen LogP contribution in [0.25, 0.3) is 0 Å². The fraction of sp³-hybridized carbons (Fsp3) is 0.467. The first-order chi connectivity index (χ1) is 10.2. The first-order valence-electron chi connectivity index (χ1n) is 6.89. The van der Waals surface area contributed by atoms with Gasteiger partial charge in [-0.1, -0.05) is 0 Å². The van der Waals surface area contributed by atoms with Crippen molar-refractivity contribution >= 4 is 5.69 Å². The van der Waals surface area contributed by atoms with Gasteiger partial charge in [0.1, 0.15) is 12.1 Å². The number of aliphatic hydroxyl groups is 1. The molecule has 6 nitrogen and oxygen atoms in total. The van der Waals surface area contributed by atoms with E-state index >= 15 is 0 Å². The number of nitrogens with one attached hydrogen (secondary N) is 1. The van der Waals surface area contributed by atoms with Crippen LogP contribution in [0.3, 0.4) is 0 Å². The van der Waals surface area contributed by atoms with Gasteiger partial charge in [-0.3, -0.25) is 4.90 Å². The summed E-state index contributed by atoms with van der Waals surface area (Å²) in [6, 6.07) is 8.94. The highest BCUT2D eigenvalue weighted by Gasteiger charge is 2.14. The topological polar surface area (TPSA) is 92.3 Å². The normalized spacial score (nSPS) is 16.7. The van der Waals surface area contributed by atoms with Gasteiger partial charge < -0.3 is 15.2 Å². The quantitative estimate of drug-likeness (QED) is 0.820. The zero-order chi connectivity index (χ0) is 15.1. The van der Waals surface area contributed by atoms with E-state index in [0.717, 1.165) is 18.8 Å². The lowest BCUT2D eigenvalue weighted by molar-refractivity contribution is 0.0171. The van der Waals surface area contributed by atoms with Crippen molar-refractivity contribution < 1.29 is 9.84 Å². The highest BCUT2D eigenvalue weighted by atomic mass is 16.5. The van der Waals surface area contributed by atoms with E-state index in [1.165, 1.54) is 0 Å². The Kier molecular flexibility index (Phi) is 5.53. The Morgan fingerprint density at radius 1 is 1.24 bits per heavy atom. The molecule has 2 N–H and O–H groups in total. The van der Waals surface area contributed by atoms with E-state index < -0.39 is 6.10 Å². The summed E-state index contributed by atoms with van der Waals surface area (Å²) in [7, 11) is 0. The molecule has 0 spiro atoms. The molecule has 1 unspecified atom stereocenters. The second-order valence-corrected chi connectivity index (χ2v) is 4.93. The minimum absolute atomic E-state index is 0.338. The Bertz CT molecular complexity index is 556. The molecule has 0 aliphatic carbocycles. The van der Waals surface area contributed by atoms with Crippen LogP contribution in [0.15, 0.2) is 18.2 Å². The third kappa shape index (κ3) is 4.44. The van der Waals surface area contributed by atoms with Gasteiger partial charge in [0.2, 0.25) is 0 Å². The van der Waals surface area contributed by atoms with Gasteiger partial charge in [-0.25, -0.2) is 0 Å². The number of anilines is 1. The number of hydrogen-bond donors (Lipinski definition) is 2. The second-order valence-electron chi connectivity index (χ2n) is 4.93. The average molecular weight is 286 g/mol. The molecule has 1 aliphatic heterocycles. The van der Waals surface area contributed by atoms with Crippen molar-refractivity contribution in [3.63, 3.8) is 0 Å². The van der Waals surface area contributed by atoms with Crippen LogP contribution < -0.4 is 5.32 Å². The van der Waals surface area contributed by atoms with Crippen molar-refractivity contribution in [3.05, 3.63) is 29.3 Å². The van der Waals surface area contributed by atoms with Crippen LogP contribution in [-0.2, 0) is 4.74 Å². The summed E-state index contributed by atoms with van der Waals surface area (Å²) in [6.45, 7) is 4.09. The molecule has 0 aromatic heterocycles. The number of morpholine rings is 1. The van der Waals surface area contributed by atoms with E-state index in [1.54, 1.807) is 18.2 Å². The number of ether oxygens (including phenoxy) is 1. The summed E-state index contributed by atoms with van der Waals surface area (Å²) in [5, 5.41) is 31.0. The number of aliphatic hydroxyl groups excluding tert-OH is 1. The lowest BCUT2D eigenvalue weighted by Crippen LogP contribution is -2.42. The zero-order valence-corrected chi connectivity index (χ0v) is 11.7. The van der Waals surface area contributed by atoms with Crippen LogP contribution in [-0.4, -0.2) is 55.5 Å². The molecule has 1 atom stereocenters. The third-order valence-corrected chi connectivity index (χ3v) is 3.37. The number of benzene rings is 1. The molecule has 110 valence electrons. The SMILES string of the molecule is N#Cc1ccc(NCC(O)CN2CCOCC2)cc1C#N. The van der Waals surface area contributed by atoms with E-state index in [0.29, 0.717) is 37.4 Å². The summed E-state index contributed by atoms with van der Waals surface area (Å²) in [5.41, 5.74) is 1.42. The second kappa shape index (κ2) is 7.61. The van der Waals surface area contributed by atoms with Crippen molar-refractivity contribution in [2.45, 2.75) is 6.10 Å². The molecule has 1 heterocycles. The van der Waals surface area contributed by atoms with Crippen molar-refractivity contribution in [2.75, 3.05) is 44.7 Å². The molecule has 2 rings (SSSR count). The minimum Gasteiger partial charge on any atom is -0.390 e. The Hall–Kier alpha value is -2.12. The minimum atomic E-state index is -0.496. The van der Waals surface area contributed by atoms with Gasteiger partial charge in [-0.15, -0.1) is 0 Å². The Labute approximate surface area is 124 Å². The summed E-state index contributed by atoms with van der Waals surface area (Å²) in [4.78, 5) is 2.16. The molecule has 1 aromatic carbocycles. The van der Waals surface area contributed by atoms with Crippen molar-refractivity contribution in [3.8, 4) is 12.1 Å². The van der Waals surface area contributed by atoms with Gasteiger partial charge in [0.15, 0.2) is 0 Å². The highest BCUT2D eigenvalue weighted by molar-refractivity contribution is 5.56. The van der Waals surface area contributed by atoms with Crippen molar-refractivity contribution in [1.82, 2.24) is 4.90 Å². The molecule has 6 heteroatoms. The Morgan fingerprint density at radius 2 is 1.95 bits per heavy atom. The van der Waals surface area contributed by atoms with Crippen molar-refractivity contribution in [2.24, 2.45) is 0 Å². The van der Waals surface area contributed by atoms with Gasteiger partial charge in [-0.05, 0) is 18.2 Å². The third-order valence-electron chi connectivity index (χ3n) is 3.37. The largest absolute Gasteiger partial charge is 0.390 e. The monoisotopic (exact) mass is 286 g/mol. The molecule has 0 bridgehead atoms. The molecule has 0 amide bonds. The first-order valence-corrected chi connectivity index (χ1v) is 6.89. The molecule has 0 saturated carbocycles. The average Bonchev–Trinajstić information content (AvgIpc) is 2.53. The van der Waals surface area contributed by atoms with Gasteiger partial charge in [0.25, 0.3) is 0 Å². The van der Waals surface area contributed by atoms with Crippen LogP contribution in [0, 0.1) is 22.7 Å². The van der Waals surface area contributed by atoms with Crippen LogP contribution in [0.2, 0.25) is 0 Å². The molecule has 21 heavy (non-hydrogen) atoms. The maximum atomic E-state index is 10.0. The highest BCUT2D eigenvalue weighted by Crippen LogP contribution is 2.14. The molecule has 1 fully saturated rings. The van der Waals surface area contributed by atoms with Crippen LogP contribution >= 0.6 is 0 Å². The van der Waals surface area contributed by atoms with E-state index in [-0.39, 0.29) is 0 Å². The van der Waals surface area contributed by atoms with E-state index in [4.69, 9.17) is 15.3 Å². The van der Waals surface area contributed by atoms with E-state index in [1.807, 2.05) is 12.1 Å². The van der Waals surface area contributed by atoms with Gasteiger partial charge in [0.05, 0.1) is 30.4 Å². The number of rotatable bonds is 5. The number of β-amino-alcohol motifs (C(OH)–C–C–N with tert-alkyl or cyclic N) is 1. The van der Waals surface area contributed by atoms with Gasteiger partial charge in [0, 0.05) is 31.9 Å². The fourth-order valence-corrected chi connectivity index (χ4v) is 2.23. The predicted octanol–water partition coefficient (Wildman–Crippen LogP) is 0.535. The summed E-state index contributed by atoms with van der Waals surface area (Å²) in [5.74, 6) is 0. The maximum absolute atomic E-state index is 10.0. The lowest BCUT2D eigenvalue weighted by atomic mass is 10.1. The maximum Gasteiger partial charge on any atom is 0.101 e. The number of nitriles is 2. The van der Waals surface area contributed by atoms with Crippen LogP contribution in [0.4, 0.5) is 5.69 Å². The zero-order valence-electron chi connectivity index (χ0n) is 11.7. The smallest absolute Gasteiger partial charge is 0.101 e. The molecule has 1 aliphatic rings. The lowest BCUT2D eigenvalue weighted by Gasteiger charge is -2.28. The molecule has 1 aromatic rings. The Balaban J connectivity index is 1.85. The summed E-state index contributed by atoms with van der Waals surface area (Å²) < 4.78 is 5.26. The van der Waals surface area contributed by atoms with Crippen LogP contribution in [0.1, 0.15) is 11.1 Å². The van der Waals surface area contributed by atoms with Crippen LogP contribution in [0.5, 0.6) is 0 Å². The summed E-state index contributed by atoms with van der Waals surface area (Å²) >= 11 is 0. The molecular weight excluding hydrogens is 268 g/mol. The number of nitrogens with zero attached hydrogens (tertiary/aromatic N) is 3. The Morgan fingerprint density at radius 3 is 2.62 bits per heavy atom. The summed E-state index contributed by atoms with van der Waals surface area (Å²) in [6.07, 6.45) is -0.496. The fourth-order valence-electron chi connectivity index (χ4n) is 2.23. The van der Waals surface area contributed by atoms with Gasteiger partial charge in [-0.2, -0.15) is 10.5 Å². The van der Waals surface area contributed by atoms with Crippen molar-refractivity contribution in [1.29, 1.82) is 10.5 Å². The first kappa shape index (κ1) is 15.3. The molecular formula is C15H18N4O2. The molecule has 0 radical (unpaired) electrons. The van der Waals surface area contributed by atoms with Gasteiger partial charge >= 0.3 is 0 Å². The molecule has 1 saturated heterocycles. The van der Waals surface area contributed by atoms with E-state index in [2.05, 4.69) is 10.2 Å². The predicted molar refractivity (Wildman–Crippen MR) is 77.6 cm³/mol.